The second kappa shape index (κ2) is 8.80. The largest absolute Gasteiger partial charge is 0.492 e. The summed E-state index contributed by atoms with van der Waals surface area (Å²) in [5, 5.41) is 10.8. The van der Waals surface area contributed by atoms with E-state index in [0.717, 1.165) is 11.3 Å². The van der Waals surface area contributed by atoms with Gasteiger partial charge in [0, 0.05) is 18.4 Å². The topological polar surface area (TPSA) is 77.2 Å². The van der Waals surface area contributed by atoms with Crippen LogP contribution in [0.1, 0.15) is 17.9 Å². The maximum Gasteiger partial charge on any atom is 0.247 e. The molecule has 1 amide bonds. The summed E-state index contributed by atoms with van der Waals surface area (Å²) in [5.41, 5.74) is 2.05. The van der Waals surface area contributed by atoms with Crippen LogP contribution in [0.2, 0.25) is 0 Å². The van der Waals surface area contributed by atoms with Crippen LogP contribution >= 0.6 is 0 Å². The van der Waals surface area contributed by atoms with Gasteiger partial charge in [-0.2, -0.15) is 0 Å². The Hall–Kier alpha value is -3.15. The molecule has 0 saturated heterocycles. The van der Waals surface area contributed by atoms with E-state index in [-0.39, 0.29) is 5.91 Å². The fourth-order valence-electron chi connectivity index (χ4n) is 2.35. The average molecular weight is 351 g/mol. The number of rotatable bonds is 8. The van der Waals surface area contributed by atoms with Gasteiger partial charge in [0.25, 0.3) is 0 Å². The molecule has 6 heteroatoms. The van der Waals surface area contributed by atoms with E-state index in [4.69, 9.17) is 9.15 Å². The lowest BCUT2D eigenvalue weighted by molar-refractivity contribution is -0.121. The van der Waals surface area contributed by atoms with Crippen LogP contribution in [0.5, 0.6) is 5.75 Å². The first-order valence-electron chi connectivity index (χ1n) is 8.55. The number of nitrogens with zero attached hydrogens (tertiary/aromatic N) is 2. The van der Waals surface area contributed by atoms with Crippen LogP contribution in [0.15, 0.2) is 59.0 Å². The molecule has 1 aromatic heterocycles. The normalized spacial score (nSPS) is 10.5. The van der Waals surface area contributed by atoms with Crippen molar-refractivity contribution in [2.24, 2.45) is 0 Å². The maximum atomic E-state index is 11.9. The molecule has 2 aromatic carbocycles. The number of hydrogen-bond donors (Lipinski definition) is 1. The van der Waals surface area contributed by atoms with Crippen molar-refractivity contribution in [2.75, 3.05) is 13.2 Å². The summed E-state index contributed by atoms with van der Waals surface area (Å²) in [4.78, 5) is 11.9. The summed E-state index contributed by atoms with van der Waals surface area (Å²) in [6.45, 7) is 2.90. The SMILES string of the molecule is Cc1ccc(OCCNC(=O)CCc2nnc(-c3ccccc3)o2)cc1. The Morgan fingerprint density at radius 3 is 2.62 bits per heavy atom. The minimum Gasteiger partial charge on any atom is -0.492 e. The standard InChI is InChI=1S/C20H21N3O3/c1-15-7-9-17(10-8-15)25-14-13-21-18(24)11-12-19-22-23-20(26-19)16-5-3-2-4-6-16/h2-10H,11-14H2,1H3,(H,21,24). The highest BCUT2D eigenvalue weighted by Gasteiger charge is 2.10. The second-order valence-corrected chi connectivity index (χ2v) is 5.88. The zero-order chi connectivity index (χ0) is 18.2. The van der Waals surface area contributed by atoms with Gasteiger partial charge in [0.2, 0.25) is 17.7 Å². The molecule has 26 heavy (non-hydrogen) atoms. The Bertz CT molecular complexity index is 829. The van der Waals surface area contributed by atoms with E-state index in [9.17, 15) is 4.79 Å². The van der Waals surface area contributed by atoms with Gasteiger partial charge in [-0.25, -0.2) is 0 Å². The molecule has 0 radical (unpaired) electrons. The molecule has 0 aliphatic carbocycles. The predicted molar refractivity (Wildman–Crippen MR) is 97.7 cm³/mol. The summed E-state index contributed by atoms with van der Waals surface area (Å²) in [5.74, 6) is 1.64. The lowest BCUT2D eigenvalue weighted by Crippen LogP contribution is -2.28. The Kier molecular flexibility index (Phi) is 5.98. The Morgan fingerprint density at radius 2 is 1.85 bits per heavy atom. The minimum absolute atomic E-state index is 0.0723. The molecule has 3 aromatic rings. The number of carbonyl (C=O) groups excluding carboxylic acids is 1. The summed E-state index contributed by atoms with van der Waals surface area (Å²) in [6.07, 6.45) is 0.700. The zero-order valence-electron chi connectivity index (χ0n) is 14.6. The molecule has 0 unspecified atom stereocenters. The van der Waals surface area contributed by atoms with Crippen molar-refractivity contribution in [1.29, 1.82) is 0 Å². The average Bonchev–Trinajstić information content (AvgIpc) is 3.15. The van der Waals surface area contributed by atoms with Gasteiger partial charge in [-0.3, -0.25) is 4.79 Å². The fraction of sp³-hybridized carbons (Fsp3) is 0.250. The third kappa shape index (κ3) is 5.17. The molecular formula is C20H21N3O3. The van der Waals surface area contributed by atoms with Crippen LogP contribution < -0.4 is 10.1 Å². The number of carbonyl (C=O) groups is 1. The molecule has 0 aliphatic heterocycles. The van der Waals surface area contributed by atoms with Crippen LogP contribution in [0.3, 0.4) is 0 Å². The fourth-order valence-corrected chi connectivity index (χ4v) is 2.35. The van der Waals surface area contributed by atoms with Gasteiger partial charge in [0.05, 0.1) is 6.54 Å². The van der Waals surface area contributed by atoms with Gasteiger partial charge in [-0.05, 0) is 31.2 Å². The van der Waals surface area contributed by atoms with Gasteiger partial charge >= 0.3 is 0 Å². The summed E-state index contributed by atoms with van der Waals surface area (Å²) in [7, 11) is 0. The van der Waals surface area contributed by atoms with Crippen molar-refractivity contribution in [3.05, 3.63) is 66.1 Å². The molecule has 0 saturated carbocycles. The summed E-state index contributed by atoms with van der Waals surface area (Å²) < 4.78 is 11.2. The Balaban J connectivity index is 1.36. The first-order chi connectivity index (χ1) is 12.7. The van der Waals surface area contributed by atoms with Gasteiger partial charge in [0.1, 0.15) is 12.4 Å². The predicted octanol–water partition coefficient (Wildman–Crippen LogP) is 3.17. The van der Waals surface area contributed by atoms with E-state index < -0.39 is 0 Å². The minimum atomic E-state index is -0.0723. The zero-order valence-corrected chi connectivity index (χ0v) is 14.6. The molecule has 6 nitrogen and oxygen atoms in total. The van der Waals surface area contributed by atoms with E-state index in [2.05, 4.69) is 15.5 Å². The van der Waals surface area contributed by atoms with Gasteiger partial charge in [-0.15, -0.1) is 10.2 Å². The number of ether oxygens (including phenoxy) is 1. The van der Waals surface area contributed by atoms with Crippen molar-refractivity contribution in [3.8, 4) is 17.2 Å². The highest BCUT2D eigenvalue weighted by molar-refractivity contribution is 5.76. The van der Waals surface area contributed by atoms with Crippen molar-refractivity contribution < 1.29 is 13.9 Å². The maximum absolute atomic E-state index is 11.9. The first-order valence-corrected chi connectivity index (χ1v) is 8.55. The number of amides is 1. The molecule has 134 valence electrons. The highest BCUT2D eigenvalue weighted by atomic mass is 16.5. The van der Waals surface area contributed by atoms with Crippen LogP contribution in [0, 0.1) is 6.92 Å². The van der Waals surface area contributed by atoms with E-state index >= 15 is 0 Å². The van der Waals surface area contributed by atoms with Gasteiger partial charge in [0.15, 0.2) is 0 Å². The van der Waals surface area contributed by atoms with Crippen molar-refractivity contribution >= 4 is 5.91 Å². The van der Waals surface area contributed by atoms with E-state index in [1.54, 1.807) is 0 Å². The number of nitrogens with one attached hydrogen (secondary N) is 1. The van der Waals surface area contributed by atoms with Crippen molar-refractivity contribution in [1.82, 2.24) is 15.5 Å². The summed E-state index contributed by atoms with van der Waals surface area (Å²) in [6, 6.07) is 17.3. The number of aromatic nitrogens is 2. The van der Waals surface area contributed by atoms with Crippen LogP contribution in [0.25, 0.3) is 11.5 Å². The van der Waals surface area contributed by atoms with E-state index in [0.29, 0.717) is 37.8 Å². The molecule has 0 spiro atoms. The lowest BCUT2D eigenvalue weighted by Gasteiger charge is -2.07. The second-order valence-electron chi connectivity index (χ2n) is 5.88. The summed E-state index contributed by atoms with van der Waals surface area (Å²) >= 11 is 0. The molecule has 0 aliphatic rings. The van der Waals surface area contributed by atoms with E-state index in [1.165, 1.54) is 5.56 Å². The molecule has 0 fully saturated rings. The van der Waals surface area contributed by atoms with Crippen molar-refractivity contribution in [2.45, 2.75) is 19.8 Å². The van der Waals surface area contributed by atoms with Crippen LogP contribution in [-0.4, -0.2) is 29.3 Å². The van der Waals surface area contributed by atoms with Crippen LogP contribution in [0.4, 0.5) is 0 Å². The lowest BCUT2D eigenvalue weighted by atomic mass is 10.2. The first kappa shape index (κ1) is 17.7. The van der Waals surface area contributed by atoms with Gasteiger partial charge < -0.3 is 14.5 Å². The van der Waals surface area contributed by atoms with Crippen LogP contribution in [-0.2, 0) is 11.2 Å². The molecule has 0 bridgehead atoms. The molecule has 1 heterocycles. The molecule has 3 rings (SSSR count). The van der Waals surface area contributed by atoms with E-state index in [1.807, 2.05) is 61.5 Å². The molecule has 1 N–H and O–H groups in total. The number of benzene rings is 2. The quantitative estimate of drug-likeness (QED) is 0.631. The third-order valence-electron chi connectivity index (χ3n) is 3.77. The smallest absolute Gasteiger partial charge is 0.247 e. The van der Waals surface area contributed by atoms with Gasteiger partial charge in [-0.1, -0.05) is 35.9 Å². The molecular weight excluding hydrogens is 330 g/mol. The Labute approximate surface area is 152 Å². The monoisotopic (exact) mass is 351 g/mol. The van der Waals surface area contributed by atoms with Crippen molar-refractivity contribution in [3.63, 3.8) is 0 Å². The molecule has 0 atom stereocenters. The third-order valence-corrected chi connectivity index (χ3v) is 3.77. The Morgan fingerprint density at radius 1 is 1.08 bits per heavy atom. The highest BCUT2D eigenvalue weighted by Crippen LogP contribution is 2.17. The number of hydrogen-bond acceptors (Lipinski definition) is 5. The number of aryl methyl sites for hydroxylation is 2.